The van der Waals surface area contributed by atoms with Gasteiger partial charge in [-0.15, -0.1) is 24.0 Å². The molecule has 0 aliphatic carbocycles. The molecule has 2 heterocycles. The number of hydrogen-bond donors (Lipinski definition) is 3. The van der Waals surface area contributed by atoms with Crippen LogP contribution in [0.4, 0.5) is 0 Å². The molecule has 1 aliphatic heterocycles. The zero-order chi connectivity index (χ0) is 17.1. The highest BCUT2D eigenvalue weighted by atomic mass is 127. The second-order valence-electron chi connectivity index (χ2n) is 6.25. The van der Waals surface area contributed by atoms with Gasteiger partial charge in [0, 0.05) is 35.6 Å². The van der Waals surface area contributed by atoms with E-state index in [-0.39, 0.29) is 30.0 Å². The standard InChI is InChI=1S/C20H22N4O.HI/c21-20(24-18-10-12-25-19-8-4-2-6-16(18)19)22-11-9-14-13-23-17-7-3-1-5-15(14)17;/h1-8,13,18,23H,9-12H2,(H3,21,22,24);1H. The summed E-state index contributed by atoms with van der Waals surface area (Å²) in [5.74, 6) is 1.42. The number of guanidine groups is 1. The van der Waals surface area contributed by atoms with Gasteiger partial charge < -0.3 is 20.8 Å². The Morgan fingerprint density at radius 2 is 2.00 bits per heavy atom. The zero-order valence-corrected chi connectivity index (χ0v) is 16.8. The molecule has 0 bridgehead atoms. The van der Waals surface area contributed by atoms with Gasteiger partial charge in [-0.3, -0.25) is 4.99 Å². The number of para-hydroxylation sites is 2. The van der Waals surface area contributed by atoms with E-state index < -0.39 is 0 Å². The normalized spacial score (nSPS) is 16.5. The van der Waals surface area contributed by atoms with Gasteiger partial charge in [0.05, 0.1) is 12.6 Å². The van der Waals surface area contributed by atoms with E-state index in [1.165, 1.54) is 10.9 Å². The first-order valence-electron chi connectivity index (χ1n) is 8.64. The van der Waals surface area contributed by atoms with Crippen molar-refractivity contribution in [2.24, 2.45) is 10.7 Å². The number of fused-ring (bicyclic) bond motifs is 2. The van der Waals surface area contributed by atoms with E-state index in [1.807, 2.05) is 24.3 Å². The molecule has 5 nitrogen and oxygen atoms in total. The summed E-state index contributed by atoms with van der Waals surface area (Å²) in [4.78, 5) is 7.80. The SMILES string of the molecule is I.NC(=NCCc1c[nH]c2ccccc12)NC1CCOc2ccccc21. The molecule has 0 radical (unpaired) electrons. The van der Waals surface area contributed by atoms with Gasteiger partial charge in [0.1, 0.15) is 5.75 Å². The largest absolute Gasteiger partial charge is 0.493 e. The van der Waals surface area contributed by atoms with Crippen LogP contribution in [0.15, 0.2) is 59.7 Å². The fourth-order valence-corrected chi connectivity index (χ4v) is 3.35. The molecule has 1 unspecified atom stereocenters. The summed E-state index contributed by atoms with van der Waals surface area (Å²) < 4.78 is 5.68. The van der Waals surface area contributed by atoms with Crippen LogP contribution in [-0.4, -0.2) is 24.1 Å². The maximum atomic E-state index is 6.10. The summed E-state index contributed by atoms with van der Waals surface area (Å²) >= 11 is 0. The van der Waals surface area contributed by atoms with Gasteiger partial charge in [0.2, 0.25) is 0 Å². The summed E-state index contributed by atoms with van der Waals surface area (Å²) in [6.45, 7) is 1.35. The number of H-pyrrole nitrogens is 1. The van der Waals surface area contributed by atoms with Crippen LogP contribution in [0.5, 0.6) is 5.75 Å². The number of rotatable bonds is 4. The van der Waals surface area contributed by atoms with Crippen molar-refractivity contribution in [2.75, 3.05) is 13.2 Å². The maximum Gasteiger partial charge on any atom is 0.189 e. The number of hydrogen-bond acceptors (Lipinski definition) is 2. The Morgan fingerprint density at radius 3 is 2.92 bits per heavy atom. The van der Waals surface area contributed by atoms with Crippen molar-refractivity contribution in [3.8, 4) is 5.75 Å². The fourth-order valence-electron chi connectivity index (χ4n) is 3.35. The Bertz CT molecular complexity index is 905. The first kappa shape index (κ1) is 18.6. The number of nitrogens with one attached hydrogen (secondary N) is 2. The lowest BCUT2D eigenvalue weighted by molar-refractivity contribution is 0.262. The van der Waals surface area contributed by atoms with Crippen LogP contribution in [0.1, 0.15) is 23.6 Å². The van der Waals surface area contributed by atoms with Gasteiger partial charge in [0.15, 0.2) is 5.96 Å². The van der Waals surface area contributed by atoms with Crippen molar-refractivity contribution in [3.63, 3.8) is 0 Å². The van der Waals surface area contributed by atoms with Crippen LogP contribution >= 0.6 is 24.0 Å². The first-order valence-corrected chi connectivity index (χ1v) is 8.64. The van der Waals surface area contributed by atoms with Gasteiger partial charge >= 0.3 is 0 Å². The molecule has 136 valence electrons. The Labute approximate surface area is 170 Å². The third kappa shape index (κ3) is 3.95. The Hall–Kier alpha value is -2.22. The van der Waals surface area contributed by atoms with E-state index >= 15 is 0 Å². The molecule has 0 fully saturated rings. The number of halogens is 1. The van der Waals surface area contributed by atoms with Gasteiger partial charge in [-0.25, -0.2) is 0 Å². The number of aromatic nitrogens is 1. The molecule has 1 aliphatic rings. The molecule has 1 aromatic heterocycles. The number of nitrogens with zero attached hydrogens (tertiary/aromatic N) is 1. The third-order valence-corrected chi connectivity index (χ3v) is 4.62. The summed E-state index contributed by atoms with van der Waals surface area (Å²) in [5, 5.41) is 4.58. The maximum absolute atomic E-state index is 6.10. The van der Waals surface area contributed by atoms with Gasteiger partial charge in [-0.05, 0) is 24.1 Å². The average Bonchev–Trinajstić information content (AvgIpc) is 3.05. The number of benzene rings is 2. The summed E-state index contributed by atoms with van der Waals surface area (Å²) in [7, 11) is 0. The molecule has 0 saturated carbocycles. The lowest BCUT2D eigenvalue weighted by Gasteiger charge is -2.26. The summed E-state index contributed by atoms with van der Waals surface area (Å²) in [6.07, 6.45) is 3.80. The molecule has 4 rings (SSSR count). The summed E-state index contributed by atoms with van der Waals surface area (Å²) in [5.41, 5.74) is 9.67. The predicted octanol–water partition coefficient (Wildman–Crippen LogP) is 3.76. The van der Waals surface area contributed by atoms with Crippen LogP contribution in [-0.2, 0) is 6.42 Å². The van der Waals surface area contributed by atoms with Gasteiger partial charge in [-0.2, -0.15) is 0 Å². The highest BCUT2D eigenvalue weighted by Crippen LogP contribution is 2.31. The molecule has 1 atom stereocenters. The fraction of sp³-hybridized carbons (Fsp3) is 0.250. The summed E-state index contributed by atoms with van der Waals surface area (Å²) in [6, 6.07) is 16.5. The minimum atomic E-state index is 0. The Morgan fingerprint density at radius 1 is 1.19 bits per heavy atom. The number of aromatic amines is 1. The van der Waals surface area contributed by atoms with Crippen molar-refractivity contribution in [1.29, 1.82) is 0 Å². The first-order chi connectivity index (χ1) is 12.3. The van der Waals surface area contributed by atoms with E-state index in [0.29, 0.717) is 19.1 Å². The topological polar surface area (TPSA) is 75.4 Å². The van der Waals surface area contributed by atoms with E-state index in [1.54, 1.807) is 0 Å². The molecule has 0 amide bonds. The molecule has 0 saturated heterocycles. The minimum Gasteiger partial charge on any atom is -0.493 e. The second-order valence-corrected chi connectivity index (χ2v) is 6.25. The van der Waals surface area contributed by atoms with Crippen molar-refractivity contribution >= 4 is 40.8 Å². The molecular weight excluding hydrogens is 439 g/mol. The smallest absolute Gasteiger partial charge is 0.189 e. The lowest BCUT2D eigenvalue weighted by atomic mass is 10.0. The highest BCUT2D eigenvalue weighted by Gasteiger charge is 2.21. The van der Waals surface area contributed by atoms with E-state index in [0.717, 1.165) is 29.7 Å². The predicted molar refractivity (Wildman–Crippen MR) is 116 cm³/mol. The number of nitrogens with two attached hydrogens (primary N) is 1. The van der Waals surface area contributed by atoms with Crippen LogP contribution in [0.25, 0.3) is 10.9 Å². The van der Waals surface area contributed by atoms with Crippen LogP contribution in [0.3, 0.4) is 0 Å². The lowest BCUT2D eigenvalue weighted by Crippen LogP contribution is -2.37. The Balaban J connectivity index is 0.00000196. The van der Waals surface area contributed by atoms with Gasteiger partial charge in [-0.1, -0.05) is 36.4 Å². The van der Waals surface area contributed by atoms with E-state index in [4.69, 9.17) is 10.5 Å². The van der Waals surface area contributed by atoms with Crippen LogP contribution < -0.4 is 15.8 Å². The molecule has 26 heavy (non-hydrogen) atoms. The van der Waals surface area contributed by atoms with Crippen molar-refractivity contribution in [2.45, 2.75) is 18.9 Å². The highest BCUT2D eigenvalue weighted by molar-refractivity contribution is 14.0. The van der Waals surface area contributed by atoms with Crippen molar-refractivity contribution in [3.05, 3.63) is 65.9 Å². The molecule has 4 N–H and O–H groups in total. The number of ether oxygens (including phenoxy) is 1. The molecule has 6 heteroatoms. The van der Waals surface area contributed by atoms with E-state index in [2.05, 4.69) is 45.8 Å². The van der Waals surface area contributed by atoms with E-state index in [9.17, 15) is 0 Å². The molecule has 3 aromatic rings. The molecule has 2 aromatic carbocycles. The average molecular weight is 462 g/mol. The zero-order valence-electron chi connectivity index (χ0n) is 14.4. The van der Waals surface area contributed by atoms with Crippen LogP contribution in [0, 0.1) is 0 Å². The monoisotopic (exact) mass is 462 g/mol. The minimum absolute atomic E-state index is 0. The molecule has 0 spiro atoms. The van der Waals surface area contributed by atoms with Crippen molar-refractivity contribution < 1.29 is 4.74 Å². The van der Waals surface area contributed by atoms with Crippen molar-refractivity contribution in [1.82, 2.24) is 10.3 Å². The van der Waals surface area contributed by atoms with Crippen LogP contribution in [0.2, 0.25) is 0 Å². The number of aliphatic imine (C=N–C) groups is 1. The Kier molecular flexibility index (Phi) is 6.03. The van der Waals surface area contributed by atoms with Gasteiger partial charge in [0.25, 0.3) is 0 Å². The quantitative estimate of drug-likeness (QED) is 0.314. The third-order valence-electron chi connectivity index (χ3n) is 4.62. The molecular formula is C20H23IN4O. The second kappa shape index (κ2) is 8.44.